The van der Waals surface area contributed by atoms with Gasteiger partial charge in [-0.25, -0.2) is 12.7 Å². The molecule has 1 N–H and O–H groups in total. The van der Waals surface area contributed by atoms with E-state index in [0.29, 0.717) is 30.0 Å². The minimum atomic E-state index is -3.69. The van der Waals surface area contributed by atoms with E-state index in [-0.39, 0.29) is 0 Å². The number of piperidine rings is 1. The number of benzene rings is 2. The molecule has 2 atom stereocenters. The summed E-state index contributed by atoms with van der Waals surface area (Å²) < 4.78 is 33.4. The molecule has 1 aliphatic rings. The Hall–Kier alpha value is -1.89. The molecule has 0 amide bonds. The van der Waals surface area contributed by atoms with Gasteiger partial charge in [0.1, 0.15) is 17.1 Å². The van der Waals surface area contributed by atoms with Crippen LogP contribution in [0.15, 0.2) is 54.6 Å². The molecular formula is C20H25NO4S. The van der Waals surface area contributed by atoms with Crippen LogP contribution in [-0.4, -0.2) is 38.0 Å². The van der Waals surface area contributed by atoms with Crippen molar-refractivity contribution < 1.29 is 18.3 Å². The molecule has 0 radical (unpaired) electrons. The van der Waals surface area contributed by atoms with E-state index in [1.807, 2.05) is 6.07 Å². The number of sulfonamides is 1. The topological polar surface area (TPSA) is 66.8 Å². The van der Waals surface area contributed by atoms with E-state index in [1.54, 1.807) is 55.6 Å². The zero-order valence-electron chi connectivity index (χ0n) is 14.9. The molecule has 1 saturated heterocycles. The minimum Gasteiger partial charge on any atom is -0.497 e. The van der Waals surface area contributed by atoms with E-state index < -0.39 is 21.4 Å². The lowest BCUT2D eigenvalue weighted by molar-refractivity contribution is 0.167. The Bertz CT molecular complexity index is 799. The molecule has 140 valence electrons. The van der Waals surface area contributed by atoms with Crippen LogP contribution in [0.5, 0.6) is 5.75 Å². The molecule has 1 heterocycles. The first-order valence-electron chi connectivity index (χ1n) is 8.90. The number of hydrogen-bond acceptors (Lipinski definition) is 4. The smallest absolute Gasteiger partial charge is 0.224 e. The van der Waals surface area contributed by atoms with Crippen LogP contribution in [0.3, 0.4) is 0 Å². The van der Waals surface area contributed by atoms with E-state index in [0.717, 1.165) is 19.3 Å². The third kappa shape index (κ3) is 3.92. The lowest BCUT2D eigenvalue weighted by atomic mass is 10.0. The van der Waals surface area contributed by atoms with Crippen molar-refractivity contribution in [1.29, 1.82) is 0 Å². The summed E-state index contributed by atoms with van der Waals surface area (Å²) in [5.74, 6) is 0.663. The van der Waals surface area contributed by atoms with Crippen LogP contribution in [0.25, 0.3) is 0 Å². The Morgan fingerprint density at radius 1 is 0.923 bits per heavy atom. The fourth-order valence-electron chi connectivity index (χ4n) is 3.42. The third-order valence-electron chi connectivity index (χ3n) is 4.87. The van der Waals surface area contributed by atoms with Gasteiger partial charge >= 0.3 is 0 Å². The van der Waals surface area contributed by atoms with Gasteiger partial charge < -0.3 is 9.84 Å². The molecule has 0 bridgehead atoms. The van der Waals surface area contributed by atoms with Gasteiger partial charge in [0, 0.05) is 13.1 Å². The SMILES string of the molecule is COc1ccc([C@@H](O)[C@@H](c2ccccc2)S(=O)(=O)N2CCCCC2)cc1. The molecule has 5 nitrogen and oxygen atoms in total. The lowest BCUT2D eigenvalue weighted by Crippen LogP contribution is -2.40. The number of ether oxygens (including phenoxy) is 1. The fourth-order valence-corrected chi connectivity index (χ4v) is 5.49. The van der Waals surface area contributed by atoms with Gasteiger partial charge in [0.2, 0.25) is 10.0 Å². The number of aliphatic hydroxyl groups is 1. The maximum Gasteiger partial charge on any atom is 0.224 e. The molecule has 2 aromatic carbocycles. The summed E-state index contributed by atoms with van der Waals surface area (Å²) in [6.07, 6.45) is 1.61. The van der Waals surface area contributed by atoms with Gasteiger partial charge in [0.05, 0.1) is 7.11 Å². The summed E-state index contributed by atoms with van der Waals surface area (Å²) in [4.78, 5) is 0. The molecule has 0 aliphatic carbocycles. The normalized spacial score (nSPS) is 18.2. The molecule has 3 rings (SSSR count). The van der Waals surface area contributed by atoms with Gasteiger partial charge in [-0.15, -0.1) is 0 Å². The van der Waals surface area contributed by atoms with E-state index in [2.05, 4.69) is 0 Å². The number of methoxy groups -OCH3 is 1. The molecule has 0 unspecified atom stereocenters. The molecule has 2 aromatic rings. The Morgan fingerprint density at radius 3 is 2.12 bits per heavy atom. The number of rotatable bonds is 6. The highest BCUT2D eigenvalue weighted by atomic mass is 32.2. The zero-order valence-corrected chi connectivity index (χ0v) is 15.7. The Balaban J connectivity index is 2.00. The highest BCUT2D eigenvalue weighted by Crippen LogP contribution is 2.38. The lowest BCUT2D eigenvalue weighted by Gasteiger charge is -2.32. The third-order valence-corrected chi connectivity index (χ3v) is 7.12. The quantitative estimate of drug-likeness (QED) is 0.841. The first-order chi connectivity index (χ1) is 12.5. The van der Waals surface area contributed by atoms with Crippen LogP contribution in [-0.2, 0) is 10.0 Å². The van der Waals surface area contributed by atoms with Gasteiger partial charge in [-0.3, -0.25) is 0 Å². The zero-order chi connectivity index (χ0) is 18.6. The van der Waals surface area contributed by atoms with Gasteiger partial charge in [-0.2, -0.15) is 0 Å². The Morgan fingerprint density at radius 2 is 1.54 bits per heavy atom. The van der Waals surface area contributed by atoms with Crippen LogP contribution in [0, 0.1) is 0 Å². The van der Waals surface area contributed by atoms with Crippen molar-refractivity contribution in [2.45, 2.75) is 30.6 Å². The monoisotopic (exact) mass is 375 g/mol. The molecule has 0 spiro atoms. The second-order valence-corrected chi connectivity index (χ2v) is 8.61. The van der Waals surface area contributed by atoms with Crippen LogP contribution in [0.4, 0.5) is 0 Å². The maximum atomic E-state index is 13.4. The summed E-state index contributed by atoms with van der Waals surface area (Å²) in [5.41, 5.74) is 1.15. The van der Waals surface area contributed by atoms with Gasteiger partial charge in [0.25, 0.3) is 0 Å². The predicted octanol–water partition coefficient (Wildman–Crippen LogP) is 3.29. The molecule has 0 saturated carbocycles. The molecule has 1 aliphatic heterocycles. The Labute approximate surface area is 155 Å². The molecule has 6 heteroatoms. The molecule has 1 fully saturated rings. The second-order valence-electron chi connectivity index (χ2n) is 6.55. The summed E-state index contributed by atoms with van der Waals surface area (Å²) in [7, 11) is -2.12. The van der Waals surface area contributed by atoms with E-state index >= 15 is 0 Å². The van der Waals surface area contributed by atoms with Gasteiger partial charge in [-0.1, -0.05) is 48.9 Å². The summed E-state index contributed by atoms with van der Waals surface area (Å²) in [5, 5.41) is 9.98. The average Bonchev–Trinajstić information content (AvgIpc) is 2.69. The highest BCUT2D eigenvalue weighted by Gasteiger charge is 2.39. The first-order valence-corrected chi connectivity index (χ1v) is 10.4. The van der Waals surface area contributed by atoms with E-state index in [4.69, 9.17) is 4.74 Å². The van der Waals surface area contributed by atoms with E-state index in [9.17, 15) is 13.5 Å². The molecular weight excluding hydrogens is 350 g/mol. The summed E-state index contributed by atoms with van der Waals surface area (Å²) >= 11 is 0. The average molecular weight is 375 g/mol. The van der Waals surface area contributed by atoms with Crippen LogP contribution in [0.2, 0.25) is 0 Å². The molecule has 26 heavy (non-hydrogen) atoms. The number of nitrogens with zero attached hydrogens (tertiary/aromatic N) is 1. The maximum absolute atomic E-state index is 13.4. The van der Waals surface area contributed by atoms with Crippen molar-refractivity contribution in [3.8, 4) is 5.75 Å². The van der Waals surface area contributed by atoms with Crippen molar-refractivity contribution in [2.24, 2.45) is 0 Å². The largest absolute Gasteiger partial charge is 0.497 e. The Kier molecular flexibility index (Phi) is 5.96. The van der Waals surface area contributed by atoms with Crippen LogP contribution < -0.4 is 4.74 Å². The van der Waals surface area contributed by atoms with Crippen LogP contribution >= 0.6 is 0 Å². The summed E-state index contributed by atoms with van der Waals surface area (Å²) in [6.45, 7) is 1.03. The number of hydrogen-bond donors (Lipinski definition) is 1. The van der Waals surface area contributed by atoms with E-state index in [1.165, 1.54) is 4.31 Å². The second kappa shape index (κ2) is 8.20. The molecule has 0 aromatic heterocycles. The minimum absolute atomic E-state index is 0.515. The number of aliphatic hydroxyl groups excluding tert-OH is 1. The first kappa shape index (κ1) is 18.9. The standard InChI is InChI=1S/C20H25NO4S/c1-25-18-12-10-16(11-13-18)19(22)20(17-8-4-2-5-9-17)26(23,24)21-14-6-3-7-15-21/h2,4-5,8-13,19-20,22H,3,6-7,14-15H2,1H3/t19-,20-/m1/s1. The van der Waals surface area contributed by atoms with Crippen molar-refractivity contribution in [3.05, 3.63) is 65.7 Å². The van der Waals surface area contributed by atoms with Crippen molar-refractivity contribution in [2.75, 3.05) is 20.2 Å². The fraction of sp³-hybridized carbons (Fsp3) is 0.400. The van der Waals surface area contributed by atoms with Gasteiger partial charge in [0.15, 0.2) is 0 Å². The van der Waals surface area contributed by atoms with Crippen molar-refractivity contribution >= 4 is 10.0 Å². The van der Waals surface area contributed by atoms with Crippen molar-refractivity contribution in [1.82, 2.24) is 4.31 Å². The summed E-state index contributed by atoms with van der Waals surface area (Å²) in [6, 6.07) is 15.9. The van der Waals surface area contributed by atoms with Crippen molar-refractivity contribution in [3.63, 3.8) is 0 Å². The van der Waals surface area contributed by atoms with Crippen LogP contribution in [0.1, 0.15) is 41.7 Å². The van der Waals surface area contributed by atoms with Gasteiger partial charge in [-0.05, 0) is 36.1 Å². The highest BCUT2D eigenvalue weighted by molar-refractivity contribution is 7.89. The predicted molar refractivity (Wildman–Crippen MR) is 101 cm³/mol.